The van der Waals surface area contributed by atoms with Crippen LogP contribution in [-0.2, 0) is 15.0 Å². The van der Waals surface area contributed by atoms with Crippen molar-refractivity contribution >= 4 is 40.6 Å². The van der Waals surface area contributed by atoms with Gasteiger partial charge in [0.2, 0.25) is 11.8 Å². The van der Waals surface area contributed by atoms with Crippen LogP contribution in [0.4, 0.5) is 10.1 Å². The summed E-state index contributed by atoms with van der Waals surface area (Å²) in [7, 11) is 0. The number of amides is 2. The highest BCUT2D eigenvalue weighted by Crippen LogP contribution is 2.71. The highest BCUT2D eigenvalue weighted by atomic mass is 32.2. The number of rotatable bonds is 1. The molecule has 2 aliphatic heterocycles. The zero-order valence-corrected chi connectivity index (χ0v) is 19.0. The van der Waals surface area contributed by atoms with E-state index >= 15 is 0 Å². The van der Waals surface area contributed by atoms with Gasteiger partial charge in [-0.2, -0.15) is 0 Å². The van der Waals surface area contributed by atoms with E-state index in [4.69, 9.17) is 0 Å². The SMILES string of the molecule is O=C1[C@@H]2[C@@H]3C[C@H]([C@H]4Sc5[nH]c(=O)sc5C5(CCCCC5)[C@H]34)[C@@H]2C(=O)N1c1ccc(F)cc1. The minimum atomic E-state index is -0.380. The molecule has 1 saturated heterocycles. The monoisotopic (exact) mass is 470 g/mol. The third-order valence-electron chi connectivity index (χ3n) is 8.89. The molecule has 6 atom stereocenters. The molecular weight excluding hydrogens is 447 g/mol. The van der Waals surface area contributed by atoms with Crippen molar-refractivity contribution in [2.24, 2.45) is 29.6 Å². The summed E-state index contributed by atoms with van der Waals surface area (Å²) in [5.41, 5.74) is 0.436. The average molecular weight is 471 g/mol. The standard InChI is InChI=1S/C24H23FN2O3S2/c25-11-4-6-12(7-5-11)27-21(28)15-13-10-14(16(15)22(27)29)18-17(13)24(8-2-1-3-9-24)19-20(31-18)26-23(30)32-19/h4-7,13-18H,1-3,8-10H2,(H,26,30)/t13-,14-,15+,16-,17+,18+/m0/s1. The topological polar surface area (TPSA) is 70.2 Å². The van der Waals surface area contributed by atoms with E-state index in [2.05, 4.69) is 4.98 Å². The molecule has 3 saturated carbocycles. The van der Waals surface area contributed by atoms with Gasteiger partial charge in [-0.15, -0.1) is 11.8 Å². The summed E-state index contributed by atoms with van der Waals surface area (Å²) in [6.07, 6.45) is 6.59. The van der Waals surface area contributed by atoms with Crippen LogP contribution in [0.25, 0.3) is 0 Å². The summed E-state index contributed by atoms with van der Waals surface area (Å²) >= 11 is 3.12. The Hall–Kier alpha value is -1.93. The number of thiazole rings is 1. The van der Waals surface area contributed by atoms with Crippen LogP contribution < -0.4 is 9.77 Å². The lowest BCUT2D eigenvalue weighted by atomic mass is 9.57. The molecule has 166 valence electrons. The van der Waals surface area contributed by atoms with Crippen LogP contribution in [0.2, 0.25) is 0 Å². The third-order valence-corrected chi connectivity index (χ3v) is 11.6. The van der Waals surface area contributed by atoms with Gasteiger partial charge in [-0.3, -0.25) is 19.3 Å². The number of carbonyl (C=O) groups excluding carboxylic acids is 2. The van der Waals surface area contributed by atoms with Crippen molar-refractivity contribution in [1.29, 1.82) is 0 Å². The number of hydrogen-bond donors (Lipinski definition) is 1. The van der Waals surface area contributed by atoms with Crippen LogP contribution >= 0.6 is 23.1 Å². The molecule has 32 heavy (non-hydrogen) atoms. The first kappa shape index (κ1) is 19.5. The van der Waals surface area contributed by atoms with E-state index < -0.39 is 0 Å². The summed E-state index contributed by atoms with van der Waals surface area (Å²) in [6.45, 7) is 0. The van der Waals surface area contributed by atoms with Gasteiger partial charge in [0.15, 0.2) is 0 Å². The van der Waals surface area contributed by atoms with Gasteiger partial charge in [0.1, 0.15) is 5.82 Å². The second-order valence-corrected chi connectivity index (χ2v) is 12.3. The molecule has 8 heteroatoms. The zero-order chi connectivity index (χ0) is 21.8. The quantitative estimate of drug-likeness (QED) is 0.630. The molecule has 1 aromatic carbocycles. The molecule has 2 aromatic rings. The molecule has 1 N–H and O–H groups in total. The fourth-order valence-corrected chi connectivity index (χ4v) is 11.1. The van der Waals surface area contributed by atoms with Crippen molar-refractivity contribution < 1.29 is 14.0 Å². The van der Waals surface area contributed by atoms with Crippen LogP contribution in [0.15, 0.2) is 34.1 Å². The molecule has 7 rings (SSSR count). The van der Waals surface area contributed by atoms with Gasteiger partial charge in [0.05, 0.1) is 22.5 Å². The van der Waals surface area contributed by atoms with E-state index in [0.717, 1.165) is 37.1 Å². The Balaban J connectivity index is 1.32. The maximum absolute atomic E-state index is 13.6. The maximum atomic E-state index is 13.6. The molecule has 0 radical (unpaired) electrons. The number of nitrogens with one attached hydrogen (secondary N) is 1. The predicted octanol–water partition coefficient (Wildman–Crippen LogP) is 4.32. The fraction of sp³-hybridized carbons (Fsp3) is 0.542. The van der Waals surface area contributed by atoms with Gasteiger partial charge in [0, 0.05) is 15.5 Å². The summed E-state index contributed by atoms with van der Waals surface area (Å²) in [5.74, 6) is -0.528. The minimum Gasteiger partial charge on any atom is -0.307 e. The Morgan fingerprint density at radius 2 is 1.66 bits per heavy atom. The molecule has 4 fully saturated rings. The molecule has 5 nitrogen and oxygen atoms in total. The van der Waals surface area contributed by atoms with Crippen molar-refractivity contribution in [2.45, 2.75) is 54.2 Å². The lowest BCUT2D eigenvalue weighted by molar-refractivity contribution is -0.123. The van der Waals surface area contributed by atoms with Crippen molar-refractivity contribution in [3.05, 3.63) is 44.6 Å². The normalized spacial score (nSPS) is 36.5. The largest absolute Gasteiger partial charge is 0.307 e. The Morgan fingerprint density at radius 1 is 0.969 bits per heavy atom. The number of anilines is 1. The molecule has 0 unspecified atom stereocenters. The molecule has 1 aromatic heterocycles. The first-order valence-electron chi connectivity index (χ1n) is 11.5. The van der Waals surface area contributed by atoms with Crippen molar-refractivity contribution in [2.75, 3.05) is 4.90 Å². The molecule has 1 spiro atoms. The van der Waals surface area contributed by atoms with E-state index in [-0.39, 0.29) is 56.8 Å². The summed E-state index contributed by atoms with van der Waals surface area (Å²) < 4.78 is 13.4. The van der Waals surface area contributed by atoms with Crippen LogP contribution in [0, 0.1) is 35.4 Å². The van der Waals surface area contributed by atoms with E-state index in [0.29, 0.717) is 11.6 Å². The van der Waals surface area contributed by atoms with E-state index in [1.54, 1.807) is 11.8 Å². The third kappa shape index (κ3) is 2.32. The molecule has 2 bridgehead atoms. The van der Waals surface area contributed by atoms with Gasteiger partial charge in [-0.1, -0.05) is 30.6 Å². The second-order valence-electron chi connectivity index (χ2n) is 10.1. The number of hydrogen-bond acceptors (Lipinski definition) is 5. The van der Waals surface area contributed by atoms with Gasteiger partial charge < -0.3 is 4.98 Å². The number of aromatic nitrogens is 1. The highest BCUT2D eigenvalue weighted by molar-refractivity contribution is 8.00. The number of benzene rings is 1. The smallest absolute Gasteiger partial charge is 0.305 e. The van der Waals surface area contributed by atoms with Crippen LogP contribution in [-0.4, -0.2) is 22.0 Å². The van der Waals surface area contributed by atoms with Crippen LogP contribution in [0.1, 0.15) is 43.4 Å². The molecular formula is C24H23FN2O3S2. The molecule has 3 aliphatic carbocycles. The predicted molar refractivity (Wildman–Crippen MR) is 120 cm³/mol. The van der Waals surface area contributed by atoms with Crippen molar-refractivity contribution in [1.82, 2.24) is 4.98 Å². The van der Waals surface area contributed by atoms with Crippen LogP contribution in [0.5, 0.6) is 0 Å². The Bertz CT molecular complexity index is 1200. The van der Waals surface area contributed by atoms with E-state index in [9.17, 15) is 18.8 Å². The summed E-state index contributed by atoms with van der Waals surface area (Å²) in [6, 6.07) is 5.67. The molecule has 2 amide bonds. The fourth-order valence-electron chi connectivity index (χ4n) is 7.92. The number of aromatic amines is 1. The Kier molecular flexibility index (Phi) is 4.01. The van der Waals surface area contributed by atoms with Crippen LogP contribution in [0.3, 0.4) is 0 Å². The summed E-state index contributed by atoms with van der Waals surface area (Å²) in [5, 5.41) is 1.28. The van der Waals surface area contributed by atoms with Gasteiger partial charge >= 0.3 is 4.87 Å². The van der Waals surface area contributed by atoms with Gasteiger partial charge in [-0.25, -0.2) is 4.39 Å². The minimum absolute atomic E-state index is 0.00889. The first-order valence-corrected chi connectivity index (χ1v) is 13.2. The summed E-state index contributed by atoms with van der Waals surface area (Å²) in [4.78, 5) is 45.1. The van der Waals surface area contributed by atoms with Crippen molar-refractivity contribution in [3.63, 3.8) is 0 Å². The molecule has 3 heterocycles. The van der Waals surface area contributed by atoms with Gasteiger partial charge in [0.25, 0.3) is 0 Å². The van der Waals surface area contributed by atoms with Crippen molar-refractivity contribution in [3.8, 4) is 0 Å². The van der Waals surface area contributed by atoms with E-state index in [1.807, 2.05) is 0 Å². The second kappa shape index (κ2) is 6.56. The average Bonchev–Trinajstić information content (AvgIpc) is 3.51. The van der Waals surface area contributed by atoms with Gasteiger partial charge in [-0.05, 0) is 61.3 Å². The molecule has 5 aliphatic rings. The lowest BCUT2D eigenvalue weighted by Gasteiger charge is -2.52. The Morgan fingerprint density at radius 3 is 2.38 bits per heavy atom. The highest BCUT2D eigenvalue weighted by Gasteiger charge is 2.72. The number of carbonyl (C=O) groups is 2. The zero-order valence-electron chi connectivity index (χ0n) is 17.4. The number of imide groups is 1. The maximum Gasteiger partial charge on any atom is 0.305 e. The van der Waals surface area contributed by atoms with E-state index in [1.165, 1.54) is 51.8 Å². The number of fused-ring (bicyclic) bond motifs is 11. The number of nitrogens with zero attached hydrogens (tertiary/aromatic N) is 1. The first-order chi connectivity index (χ1) is 15.5. The number of H-pyrrole nitrogens is 1. The number of halogens is 1. The lowest BCUT2D eigenvalue weighted by Crippen LogP contribution is -2.51. The number of thioether (sulfide) groups is 1. The Labute approximate surface area is 192 Å².